The van der Waals surface area contributed by atoms with Crippen molar-refractivity contribution in [3.63, 3.8) is 0 Å². The lowest BCUT2D eigenvalue weighted by molar-refractivity contribution is -0.181. The molecule has 0 spiro atoms. The molecule has 3 N–H and O–H groups in total. The number of hydrogen-bond acceptors (Lipinski definition) is 9. The summed E-state index contributed by atoms with van der Waals surface area (Å²) < 4.78 is 15.1. The van der Waals surface area contributed by atoms with Gasteiger partial charge in [-0.2, -0.15) is 0 Å². The van der Waals surface area contributed by atoms with E-state index in [0.717, 1.165) is 18.4 Å². The molecule has 0 saturated heterocycles. The fourth-order valence-electron chi connectivity index (χ4n) is 7.89. The van der Waals surface area contributed by atoms with E-state index in [9.17, 15) is 29.4 Å². The first-order valence-corrected chi connectivity index (χ1v) is 13.8. The standard InChI is InChI=1S/C29H41NO9/c1-27-11-9-18(31)13-17(27)5-6-19-20-10-12-29(36,28(20,2)14-21(32)26(19)27)22(33)16-39-24(35)8-7-23(34)30-15-25(37-3)38-4/h9,11,13,19-21,25-26,32,36H,5-8,10,12,14-16H2,1-4H3,(H,30,34)/t19-,20+,21+,26+,27-,28-,29-/m0/s1. The highest BCUT2D eigenvalue weighted by atomic mass is 16.7. The number of nitrogens with one attached hydrogen (secondary N) is 1. The summed E-state index contributed by atoms with van der Waals surface area (Å²) in [7, 11) is 2.89. The van der Waals surface area contributed by atoms with E-state index in [-0.39, 0.29) is 61.7 Å². The summed E-state index contributed by atoms with van der Waals surface area (Å²) in [6, 6.07) is 0. The first-order valence-electron chi connectivity index (χ1n) is 13.8. The zero-order chi connectivity index (χ0) is 28.6. The first-order chi connectivity index (χ1) is 18.4. The number of aliphatic hydroxyl groups is 2. The average Bonchev–Trinajstić information content (AvgIpc) is 3.17. The Labute approximate surface area is 229 Å². The van der Waals surface area contributed by atoms with E-state index in [0.29, 0.717) is 6.42 Å². The summed E-state index contributed by atoms with van der Waals surface area (Å²) in [6.45, 7) is 3.48. The Kier molecular flexibility index (Phi) is 8.52. The van der Waals surface area contributed by atoms with E-state index in [2.05, 4.69) is 12.2 Å². The van der Waals surface area contributed by atoms with Gasteiger partial charge in [0.2, 0.25) is 11.7 Å². The molecule has 7 atom stereocenters. The van der Waals surface area contributed by atoms with Crippen LogP contribution in [-0.4, -0.2) is 79.0 Å². The maximum Gasteiger partial charge on any atom is 0.306 e. The summed E-state index contributed by atoms with van der Waals surface area (Å²) in [5.41, 5.74) is -1.99. The molecule has 1 amide bonds. The number of allylic oxidation sites excluding steroid dienone is 4. The van der Waals surface area contributed by atoms with Crippen molar-refractivity contribution in [2.45, 2.75) is 76.8 Å². The van der Waals surface area contributed by atoms with Crippen molar-refractivity contribution in [2.75, 3.05) is 27.4 Å². The Hall–Kier alpha value is -2.40. The summed E-state index contributed by atoms with van der Waals surface area (Å²) in [5, 5.41) is 25.8. The highest BCUT2D eigenvalue weighted by molar-refractivity contribution is 6.01. The first kappa shape index (κ1) is 29.6. The second kappa shape index (κ2) is 11.2. The number of Topliss-reactive ketones (excluding diaryl/α,β-unsaturated/α-hetero) is 1. The van der Waals surface area contributed by atoms with Crippen molar-refractivity contribution in [3.8, 4) is 0 Å². The number of esters is 1. The number of carbonyl (C=O) groups excluding carboxylic acids is 4. The van der Waals surface area contributed by atoms with E-state index >= 15 is 0 Å². The Morgan fingerprint density at radius 2 is 1.87 bits per heavy atom. The lowest BCUT2D eigenvalue weighted by Crippen LogP contribution is -2.61. The second-order valence-electron chi connectivity index (χ2n) is 11.9. The number of ether oxygens (including phenoxy) is 3. The Balaban J connectivity index is 1.37. The molecule has 10 heteroatoms. The number of hydrogen-bond donors (Lipinski definition) is 3. The van der Waals surface area contributed by atoms with Crippen LogP contribution in [0.15, 0.2) is 23.8 Å². The molecule has 4 aliphatic carbocycles. The van der Waals surface area contributed by atoms with Gasteiger partial charge in [-0.25, -0.2) is 0 Å². The second-order valence-corrected chi connectivity index (χ2v) is 11.9. The minimum atomic E-state index is -1.73. The van der Waals surface area contributed by atoms with Crippen molar-refractivity contribution in [1.29, 1.82) is 0 Å². The van der Waals surface area contributed by atoms with Gasteiger partial charge in [0.15, 0.2) is 18.7 Å². The third kappa shape index (κ3) is 5.24. The van der Waals surface area contributed by atoms with E-state index in [1.54, 1.807) is 12.2 Å². The lowest BCUT2D eigenvalue weighted by Gasteiger charge is -2.59. The van der Waals surface area contributed by atoms with Crippen molar-refractivity contribution in [2.24, 2.45) is 28.6 Å². The van der Waals surface area contributed by atoms with Crippen molar-refractivity contribution in [1.82, 2.24) is 5.32 Å². The Bertz CT molecular complexity index is 1060. The normalized spacial score (nSPS) is 37.0. The van der Waals surface area contributed by atoms with Crippen LogP contribution in [0.1, 0.15) is 58.8 Å². The minimum absolute atomic E-state index is 0.00618. The highest BCUT2D eigenvalue weighted by Gasteiger charge is 2.68. The molecular formula is C29H41NO9. The Morgan fingerprint density at radius 3 is 2.56 bits per heavy atom. The van der Waals surface area contributed by atoms with Crippen molar-refractivity contribution in [3.05, 3.63) is 23.8 Å². The third-order valence-electron chi connectivity index (χ3n) is 10.0. The monoisotopic (exact) mass is 547 g/mol. The highest BCUT2D eigenvalue weighted by Crippen LogP contribution is 2.67. The molecule has 216 valence electrons. The van der Waals surface area contributed by atoms with Gasteiger partial charge < -0.3 is 29.7 Å². The zero-order valence-corrected chi connectivity index (χ0v) is 23.2. The smallest absolute Gasteiger partial charge is 0.306 e. The number of ketones is 2. The molecular weight excluding hydrogens is 506 g/mol. The molecule has 0 heterocycles. The van der Waals surface area contributed by atoms with E-state index in [4.69, 9.17) is 14.2 Å². The van der Waals surface area contributed by atoms with Crippen LogP contribution < -0.4 is 5.32 Å². The van der Waals surface area contributed by atoms with Gasteiger partial charge in [0.1, 0.15) is 5.60 Å². The number of rotatable bonds is 10. The predicted octanol–water partition coefficient (Wildman–Crippen LogP) is 1.62. The van der Waals surface area contributed by atoms with Gasteiger partial charge in [-0.15, -0.1) is 0 Å². The average molecular weight is 548 g/mol. The van der Waals surface area contributed by atoms with Crippen LogP contribution in [0.4, 0.5) is 0 Å². The van der Waals surface area contributed by atoms with Crippen LogP contribution in [-0.2, 0) is 33.4 Å². The van der Waals surface area contributed by atoms with Crippen LogP contribution in [0.25, 0.3) is 0 Å². The van der Waals surface area contributed by atoms with Crippen molar-refractivity contribution >= 4 is 23.4 Å². The maximum absolute atomic E-state index is 13.3. The quantitative estimate of drug-likeness (QED) is 0.274. The van der Waals surface area contributed by atoms with Gasteiger partial charge >= 0.3 is 5.97 Å². The SMILES string of the molecule is COC(CNC(=O)CCC(=O)OCC(=O)[C@@]1(O)CC[C@@H]2[C@@H]3CCC4=CC(=O)C=C[C@]4(C)[C@H]3[C@H](O)C[C@@]21C)OC. The fraction of sp³-hybridized carbons (Fsp3) is 0.724. The van der Waals surface area contributed by atoms with Crippen LogP contribution >= 0.6 is 0 Å². The number of aliphatic hydroxyl groups excluding tert-OH is 1. The molecule has 0 unspecified atom stereocenters. The van der Waals surface area contributed by atoms with Gasteiger partial charge in [0.05, 0.1) is 19.1 Å². The maximum atomic E-state index is 13.3. The summed E-state index contributed by atoms with van der Waals surface area (Å²) in [6.07, 6.45) is 6.12. The van der Waals surface area contributed by atoms with Gasteiger partial charge in [-0.3, -0.25) is 19.2 Å². The van der Waals surface area contributed by atoms with Crippen LogP contribution in [0.3, 0.4) is 0 Å². The molecule has 0 radical (unpaired) electrons. The number of fused-ring (bicyclic) bond motifs is 5. The summed E-state index contributed by atoms with van der Waals surface area (Å²) in [4.78, 5) is 49.6. The molecule has 3 fully saturated rings. The van der Waals surface area contributed by atoms with Gasteiger partial charge in [0, 0.05) is 37.4 Å². The summed E-state index contributed by atoms with van der Waals surface area (Å²) in [5.74, 6) is -1.72. The molecule has 0 aliphatic heterocycles. The topological polar surface area (TPSA) is 148 Å². The largest absolute Gasteiger partial charge is 0.458 e. The lowest BCUT2D eigenvalue weighted by atomic mass is 9.46. The van der Waals surface area contributed by atoms with Gasteiger partial charge in [-0.1, -0.05) is 25.5 Å². The molecule has 0 aromatic carbocycles. The molecule has 3 saturated carbocycles. The van der Waals surface area contributed by atoms with Crippen molar-refractivity contribution < 1.29 is 43.6 Å². The predicted molar refractivity (Wildman–Crippen MR) is 139 cm³/mol. The number of carbonyl (C=O) groups is 4. The van der Waals surface area contributed by atoms with Gasteiger partial charge in [-0.05, 0) is 56.1 Å². The van der Waals surface area contributed by atoms with Crippen LogP contribution in [0.2, 0.25) is 0 Å². The number of methoxy groups -OCH3 is 2. The van der Waals surface area contributed by atoms with Crippen LogP contribution in [0, 0.1) is 28.6 Å². The molecule has 4 rings (SSSR count). The number of amides is 1. The van der Waals surface area contributed by atoms with E-state index < -0.39 is 47.2 Å². The van der Waals surface area contributed by atoms with Crippen LogP contribution in [0.5, 0.6) is 0 Å². The molecule has 0 aromatic rings. The molecule has 10 nitrogen and oxygen atoms in total. The Morgan fingerprint density at radius 1 is 1.15 bits per heavy atom. The van der Waals surface area contributed by atoms with Gasteiger partial charge in [0.25, 0.3) is 0 Å². The van der Waals surface area contributed by atoms with E-state index in [1.165, 1.54) is 14.2 Å². The minimum Gasteiger partial charge on any atom is -0.458 e. The third-order valence-corrected chi connectivity index (χ3v) is 10.0. The molecule has 0 bridgehead atoms. The van der Waals surface area contributed by atoms with E-state index in [1.807, 2.05) is 13.0 Å². The molecule has 39 heavy (non-hydrogen) atoms. The molecule has 0 aromatic heterocycles. The fourth-order valence-corrected chi connectivity index (χ4v) is 7.89. The molecule has 4 aliphatic rings. The summed E-state index contributed by atoms with van der Waals surface area (Å²) >= 11 is 0. The zero-order valence-electron chi connectivity index (χ0n) is 23.2.